The summed E-state index contributed by atoms with van der Waals surface area (Å²) >= 11 is 12.0. The first-order chi connectivity index (χ1) is 10.0. The topological polar surface area (TPSA) is 12.0 Å². The lowest BCUT2D eigenvalue weighted by atomic mass is 9.94. The summed E-state index contributed by atoms with van der Waals surface area (Å²) in [7, 11) is 0. The molecule has 0 aliphatic rings. The van der Waals surface area contributed by atoms with Gasteiger partial charge in [0.05, 0.1) is 6.04 Å². The minimum absolute atomic E-state index is 0.235. The summed E-state index contributed by atoms with van der Waals surface area (Å²) < 4.78 is 14.3. The van der Waals surface area contributed by atoms with Crippen molar-refractivity contribution in [1.29, 1.82) is 0 Å². The second-order valence-corrected chi connectivity index (χ2v) is 5.85. The summed E-state index contributed by atoms with van der Waals surface area (Å²) in [6.07, 6.45) is 0.964. The third-order valence-electron chi connectivity index (χ3n) is 3.49. The zero-order valence-electron chi connectivity index (χ0n) is 12.1. The third-order valence-corrected chi connectivity index (χ3v) is 4.14. The summed E-state index contributed by atoms with van der Waals surface area (Å²) in [6.45, 7) is 4.82. The van der Waals surface area contributed by atoms with Crippen LogP contribution in [0.5, 0.6) is 0 Å². The van der Waals surface area contributed by atoms with Crippen molar-refractivity contribution in [3.05, 3.63) is 69.0 Å². The molecule has 4 heteroatoms. The van der Waals surface area contributed by atoms with Gasteiger partial charge in [-0.25, -0.2) is 4.39 Å². The Morgan fingerprint density at radius 1 is 1.14 bits per heavy atom. The van der Waals surface area contributed by atoms with Crippen LogP contribution in [0.4, 0.5) is 4.39 Å². The van der Waals surface area contributed by atoms with Crippen molar-refractivity contribution < 1.29 is 4.39 Å². The van der Waals surface area contributed by atoms with Gasteiger partial charge in [0.25, 0.3) is 0 Å². The molecule has 0 bridgehead atoms. The highest BCUT2D eigenvalue weighted by molar-refractivity contribution is 6.31. The van der Waals surface area contributed by atoms with Crippen LogP contribution in [0.25, 0.3) is 0 Å². The molecule has 0 aliphatic carbocycles. The average Bonchev–Trinajstić information content (AvgIpc) is 2.45. The number of benzene rings is 2. The maximum atomic E-state index is 14.3. The van der Waals surface area contributed by atoms with Crippen LogP contribution in [0.2, 0.25) is 10.0 Å². The van der Waals surface area contributed by atoms with E-state index in [9.17, 15) is 4.39 Å². The molecule has 1 unspecified atom stereocenters. The quantitative estimate of drug-likeness (QED) is 0.762. The van der Waals surface area contributed by atoms with Crippen molar-refractivity contribution >= 4 is 23.2 Å². The van der Waals surface area contributed by atoms with Crippen LogP contribution in [0.15, 0.2) is 36.4 Å². The molecule has 2 aromatic carbocycles. The van der Waals surface area contributed by atoms with Gasteiger partial charge in [0, 0.05) is 15.6 Å². The van der Waals surface area contributed by atoms with Crippen molar-refractivity contribution in [2.75, 3.05) is 6.54 Å². The van der Waals surface area contributed by atoms with Gasteiger partial charge in [0.15, 0.2) is 0 Å². The van der Waals surface area contributed by atoms with E-state index in [4.69, 9.17) is 23.2 Å². The molecule has 0 heterocycles. The van der Waals surface area contributed by atoms with E-state index in [1.165, 1.54) is 6.07 Å². The van der Waals surface area contributed by atoms with E-state index in [2.05, 4.69) is 12.2 Å². The second-order valence-electron chi connectivity index (χ2n) is 5.01. The highest BCUT2D eigenvalue weighted by atomic mass is 35.5. The number of rotatable bonds is 5. The first-order valence-electron chi connectivity index (χ1n) is 6.98. The highest BCUT2D eigenvalue weighted by Crippen LogP contribution is 2.31. The lowest BCUT2D eigenvalue weighted by Crippen LogP contribution is -2.25. The van der Waals surface area contributed by atoms with Gasteiger partial charge in [-0.3, -0.25) is 0 Å². The maximum absolute atomic E-state index is 14.3. The van der Waals surface area contributed by atoms with E-state index in [0.29, 0.717) is 15.6 Å². The van der Waals surface area contributed by atoms with Crippen LogP contribution < -0.4 is 5.32 Å². The maximum Gasteiger partial charge on any atom is 0.129 e. The molecular weight excluding hydrogens is 308 g/mol. The molecule has 0 aromatic heterocycles. The van der Waals surface area contributed by atoms with Crippen LogP contribution in [-0.4, -0.2) is 6.54 Å². The fourth-order valence-electron chi connectivity index (χ4n) is 2.35. The molecule has 0 amide bonds. The molecule has 1 N–H and O–H groups in total. The first-order valence-corrected chi connectivity index (χ1v) is 7.73. The summed E-state index contributed by atoms with van der Waals surface area (Å²) in [4.78, 5) is 0. The van der Waals surface area contributed by atoms with Crippen molar-refractivity contribution in [1.82, 2.24) is 5.32 Å². The molecule has 21 heavy (non-hydrogen) atoms. The Morgan fingerprint density at radius 2 is 1.90 bits per heavy atom. The van der Waals surface area contributed by atoms with E-state index < -0.39 is 0 Å². The van der Waals surface area contributed by atoms with Crippen LogP contribution in [-0.2, 0) is 0 Å². The smallest absolute Gasteiger partial charge is 0.129 e. The molecule has 0 fully saturated rings. The van der Waals surface area contributed by atoms with Crippen LogP contribution in [0.3, 0.4) is 0 Å². The molecule has 0 saturated heterocycles. The summed E-state index contributed by atoms with van der Waals surface area (Å²) in [6, 6.07) is 10.3. The summed E-state index contributed by atoms with van der Waals surface area (Å²) in [5.41, 5.74) is 2.53. The molecule has 1 nitrogen and oxygen atoms in total. The number of nitrogens with one attached hydrogen (secondary N) is 1. The van der Waals surface area contributed by atoms with E-state index in [1.54, 1.807) is 12.1 Å². The predicted octanol–water partition coefficient (Wildman–Crippen LogP) is 5.53. The van der Waals surface area contributed by atoms with Crippen molar-refractivity contribution in [3.8, 4) is 0 Å². The van der Waals surface area contributed by atoms with Crippen LogP contribution in [0.1, 0.15) is 36.1 Å². The van der Waals surface area contributed by atoms with E-state index >= 15 is 0 Å². The van der Waals surface area contributed by atoms with E-state index in [1.807, 2.05) is 25.1 Å². The normalized spacial score (nSPS) is 12.4. The largest absolute Gasteiger partial charge is 0.306 e. The fourth-order valence-corrected chi connectivity index (χ4v) is 2.69. The molecular formula is C17H18Cl2FN. The monoisotopic (exact) mass is 325 g/mol. The van der Waals surface area contributed by atoms with Gasteiger partial charge in [-0.05, 0) is 49.2 Å². The zero-order chi connectivity index (χ0) is 15.4. The second kappa shape index (κ2) is 7.26. The minimum Gasteiger partial charge on any atom is -0.306 e. The Kier molecular flexibility index (Phi) is 5.63. The molecule has 0 spiro atoms. The summed E-state index contributed by atoms with van der Waals surface area (Å²) in [5, 5.41) is 4.47. The minimum atomic E-state index is -0.310. The van der Waals surface area contributed by atoms with Crippen LogP contribution >= 0.6 is 23.2 Å². The first kappa shape index (κ1) is 16.3. The molecule has 0 aliphatic heterocycles. The predicted molar refractivity (Wildman–Crippen MR) is 87.7 cm³/mol. The van der Waals surface area contributed by atoms with Crippen molar-refractivity contribution in [3.63, 3.8) is 0 Å². The summed E-state index contributed by atoms with van der Waals surface area (Å²) in [5.74, 6) is -0.310. The Bertz CT molecular complexity index is 628. The lowest BCUT2D eigenvalue weighted by molar-refractivity contribution is 0.545. The fraction of sp³-hybridized carbons (Fsp3) is 0.294. The van der Waals surface area contributed by atoms with E-state index in [-0.39, 0.29) is 11.9 Å². The Labute approximate surface area is 135 Å². The molecule has 1 atom stereocenters. The van der Waals surface area contributed by atoms with Gasteiger partial charge in [-0.2, -0.15) is 0 Å². The molecule has 2 rings (SSSR count). The number of hydrogen-bond donors (Lipinski definition) is 1. The van der Waals surface area contributed by atoms with Gasteiger partial charge in [-0.1, -0.05) is 48.3 Å². The molecule has 0 saturated carbocycles. The van der Waals surface area contributed by atoms with E-state index in [0.717, 1.165) is 24.1 Å². The lowest BCUT2D eigenvalue weighted by Gasteiger charge is -2.22. The molecule has 2 aromatic rings. The van der Waals surface area contributed by atoms with Crippen molar-refractivity contribution in [2.45, 2.75) is 26.3 Å². The van der Waals surface area contributed by atoms with Crippen molar-refractivity contribution in [2.24, 2.45) is 0 Å². The van der Waals surface area contributed by atoms with Gasteiger partial charge in [0.2, 0.25) is 0 Å². The van der Waals surface area contributed by atoms with Gasteiger partial charge < -0.3 is 5.32 Å². The molecule has 112 valence electrons. The Hall–Kier alpha value is -1.09. The standard InChI is InChI=1S/C17H18Cl2FN/c1-3-9-21-17(13-5-4-6-15(19)11(13)2)14-8-7-12(18)10-16(14)20/h4-8,10,17,21H,3,9H2,1-2H3. The number of hydrogen-bond acceptors (Lipinski definition) is 1. The van der Waals surface area contributed by atoms with Gasteiger partial charge >= 0.3 is 0 Å². The van der Waals surface area contributed by atoms with Gasteiger partial charge in [0.1, 0.15) is 5.82 Å². The zero-order valence-corrected chi connectivity index (χ0v) is 13.6. The Morgan fingerprint density at radius 3 is 2.57 bits per heavy atom. The molecule has 0 radical (unpaired) electrons. The SMILES string of the molecule is CCCNC(c1ccc(Cl)cc1F)c1cccc(Cl)c1C. The van der Waals surface area contributed by atoms with Gasteiger partial charge in [-0.15, -0.1) is 0 Å². The Balaban J connectivity index is 2.49. The highest BCUT2D eigenvalue weighted by Gasteiger charge is 2.20. The van der Waals surface area contributed by atoms with Crippen LogP contribution in [0, 0.1) is 12.7 Å². The number of halogens is 3. The average molecular weight is 326 g/mol. The third kappa shape index (κ3) is 3.76.